The summed E-state index contributed by atoms with van der Waals surface area (Å²) in [5.41, 5.74) is -0.147. The molecule has 8 heteroatoms. The molecular weight excluding hydrogens is 340 g/mol. The summed E-state index contributed by atoms with van der Waals surface area (Å²) in [6.07, 6.45) is 1.72. The molecule has 1 aromatic carbocycles. The van der Waals surface area contributed by atoms with E-state index in [1.807, 2.05) is 0 Å². The Kier molecular flexibility index (Phi) is 4.37. The number of aliphatic carboxylic acids is 1. The molecule has 1 atom stereocenters. The molecule has 24 heavy (non-hydrogen) atoms. The van der Waals surface area contributed by atoms with Gasteiger partial charge in [-0.25, -0.2) is 17.2 Å². The molecule has 0 aromatic heterocycles. The van der Waals surface area contributed by atoms with Crippen LogP contribution < -0.4 is 0 Å². The molecule has 1 unspecified atom stereocenters. The second-order valence-corrected chi connectivity index (χ2v) is 9.12. The molecule has 0 aliphatic carbocycles. The number of carboxylic acid groups (broad SMARTS) is 1. The van der Waals surface area contributed by atoms with Crippen LogP contribution in [0.4, 0.5) is 8.78 Å². The summed E-state index contributed by atoms with van der Waals surface area (Å²) in [5, 5.41) is 9.56. The summed E-state index contributed by atoms with van der Waals surface area (Å²) in [6.45, 7) is 0.896. The molecule has 2 aliphatic rings. The van der Waals surface area contributed by atoms with Gasteiger partial charge in [-0.3, -0.25) is 9.69 Å². The predicted molar refractivity (Wildman–Crippen MR) is 83.2 cm³/mol. The molecule has 2 heterocycles. The molecule has 0 radical (unpaired) electrons. The van der Waals surface area contributed by atoms with Gasteiger partial charge in [0.05, 0.1) is 11.5 Å². The Balaban J connectivity index is 1.83. The van der Waals surface area contributed by atoms with Gasteiger partial charge in [0.25, 0.3) is 0 Å². The summed E-state index contributed by atoms with van der Waals surface area (Å²) in [5.74, 6) is -2.55. The summed E-state index contributed by atoms with van der Waals surface area (Å²) in [6, 6.07) is 1.66. The van der Waals surface area contributed by atoms with E-state index in [1.165, 1.54) is 0 Å². The minimum atomic E-state index is -3.00. The third kappa shape index (κ3) is 3.44. The van der Waals surface area contributed by atoms with Crippen LogP contribution in [0.25, 0.3) is 0 Å². The van der Waals surface area contributed by atoms with Gasteiger partial charge in [-0.1, -0.05) is 0 Å². The van der Waals surface area contributed by atoms with E-state index >= 15 is 0 Å². The average Bonchev–Trinajstić information content (AvgIpc) is 2.86. The largest absolute Gasteiger partial charge is 0.480 e. The Labute approximate surface area is 139 Å². The molecule has 5 nitrogen and oxygen atoms in total. The highest BCUT2D eigenvalue weighted by Crippen LogP contribution is 2.43. The third-order valence-electron chi connectivity index (χ3n) is 5.15. The maximum Gasteiger partial charge on any atom is 0.325 e. The molecule has 1 spiro atoms. The van der Waals surface area contributed by atoms with Crippen LogP contribution in [0.5, 0.6) is 0 Å². The Morgan fingerprint density at radius 2 is 1.71 bits per heavy atom. The van der Waals surface area contributed by atoms with Crippen LogP contribution in [0, 0.1) is 17.0 Å². The van der Waals surface area contributed by atoms with Crippen LogP contribution in [0.3, 0.4) is 0 Å². The number of carbonyl (C=O) groups is 1. The van der Waals surface area contributed by atoms with E-state index in [1.54, 1.807) is 4.90 Å². The zero-order valence-corrected chi connectivity index (χ0v) is 13.9. The van der Waals surface area contributed by atoms with Crippen molar-refractivity contribution < 1.29 is 27.1 Å². The fourth-order valence-electron chi connectivity index (χ4n) is 3.81. The van der Waals surface area contributed by atoms with Gasteiger partial charge in [0.15, 0.2) is 0 Å². The molecule has 132 valence electrons. The molecule has 2 saturated heterocycles. The van der Waals surface area contributed by atoms with Gasteiger partial charge in [-0.05, 0) is 48.9 Å². The average molecular weight is 359 g/mol. The van der Waals surface area contributed by atoms with Gasteiger partial charge in [0, 0.05) is 12.6 Å². The van der Waals surface area contributed by atoms with Gasteiger partial charge in [-0.15, -0.1) is 0 Å². The maximum absolute atomic E-state index is 13.5. The number of nitrogens with zero attached hydrogens (tertiary/aromatic N) is 1. The fraction of sp³-hybridized carbons (Fsp3) is 0.562. The van der Waals surface area contributed by atoms with Gasteiger partial charge in [0.2, 0.25) is 0 Å². The van der Waals surface area contributed by atoms with Gasteiger partial charge in [0.1, 0.15) is 27.5 Å². The zero-order chi connectivity index (χ0) is 17.5. The Morgan fingerprint density at radius 1 is 1.12 bits per heavy atom. The molecule has 0 bridgehead atoms. The molecule has 2 aliphatic heterocycles. The minimum absolute atomic E-state index is 0.0699. The van der Waals surface area contributed by atoms with Crippen molar-refractivity contribution in [2.75, 3.05) is 24.6 Å². The number of sulfone groups is 1. The molecule has 0 saturated carbocycles. The van der Waals surface area contributed by atoms with Gasteiger partial charge in [-0.2, -0.15) is 0 Å². The zero-order valence-electron chi connectivity index (χ0n) is 13.0. The Bertz CT molecular complexity index is 731. The van der Waals surface area contributed by atoms with Crippen LogP contribution >= 0.6 is 0 Å². The standard InChI is InChI=1S/C16H19F2NO4S/c17-12-7-11(8-13(18)9-12)14(15(20)21)19-4-1-16(10-19)2-5-24(22,23)6-3-16/h7-9,14H,1-6,10H2,(H,20,21). The number of hydrogen-bond acceptors (Lipinski definition) is 4. The van der Waals surface area contributed by atoms with Crippen molar-refractivity contribution in [1.29, 1.82) is 0 Å². The van der Waals surface area contributed by atoms with E-state index < -0.39 is 33.5 Å². The summed E-state index contributed by atoms with van der Waals surface area (Å²) in [4.78, 5) is 13.4. The third-order valence-corrected chi connectivity index (χ3v) is 6.81. The lowest BCUT2D eigenvalue weighted by Crippen LogP contribution is -2.38. The van der Waals surface area contributed by atoms with Crippen molar-refractivity contribution in [2.24, 2.45) is 5.41 Å². The summed E-state index contributed by atoms with van der Waals surface area (Å²) < 4.78 is 50.1. The van der Waals surface area contributed by atoms with E-state index in [2.05, 4.69) is 0 Å². The number of benzene rings is 1. The van der Waals surface area contributed by atoms with E-state index in [0.717, 1.165) is 12.1 Å². The topological polar surface area (TPSA) is 74.7 Å². The molecular formula is C16H19F2NO4S. The van der Waals surface area contributed by atoms with Crippen molar-refractivity contribution in [3.63, 3.8) is 0 Å². The van der Waals surface area contributed by atoms with Crippen LogP contribution in [-0.4, -0.2) is 49.0 Å². The number of rotatable bonds is 3. The lowest BCUT2D eigenvalue weighted by Gasteiger charge is -2.34. The van der Waals surface area contributed by atoms with Crippen LogP contribution in [0.2, 0.25) is 0 Å². The Hall–Kier alpha value is -1.54. The second-order valence-electron chi connectivity index (χ2n) is 6.82. The smallest absolute Gasteiger partial charge is 0.325 e. The summed E-state index contributed by atoms with van der Waals surface area (Å²) in [7, 11) is -3.00. The van der Waals surface area contributed by atoms with Crippen molar-refractivity contribution in [1.82, 2.24) is 4.90 Å². The van der Waals surface area contributed by atoms with E-state index in [4.69, 9.17) is 0 Å². The van der Waals surface area contributed by atoms with E-state index in [0.29, 0.717) is 38.4 Å². The molecule has 3 rings (SSSR count). The van der Waals surface area contributed by atoms with E-state index in [9.17, 15) is 27.1 Å². The molecule has 2 fully saturated rings. The number of likely N-dealkylation sites (tertiary alicyclic amines) is 1. The SMILES string of the molecule is O=C(O)C(c1cc(F)cc(F)c1)N1CCC2(CCS(=O)(=O)CC2)C1. The fourth-order valence-corrected chi connectivity index (χ4v) is 5.50. The number of halogens is 2. The van der Waals surface area contributed by atoms with Crippen molar-refractivity contribution >= 4 is 15.8 Å². The van der Waals surface area contributed by atoms with Crippen LogP contribution in [-0.2, 0) is 14.6 Å². The first-order valence-corrected chi connectivity index (χ1v) is 9.65. The van der Waals surface area contributed by atoms with Gasteiger partial charge < -0.3 is 5.11 Å². The number of carboxylic acids is 1. The van der Waals surface area contributed by atoms with Crippen LogP contribution in [0.15, 0.2) is 18.2 Å². The first kappa shape index (κ1) is 17.3. The highest BCUT2D eigenvalue weighted by Gasteiger charge is 2.45. The highest BCUT2D eigenvalue weighted by molar-refractivity contribution is 7.91. The predicted octanol–water partition coefficient (Wildman–Crippen LogP) is 1.99. The lowest BCUT2D eigenvalue weighted by atomic mass is 9.81. The van der Waals surface area contributed by atoms with Crippen molar-refractivity contribution in [3.05, 3.63) is 35.4 Å². The molecule has 0 amide bonds. The van der Waals surface area contributed by atoms with E-state index in [-0.39, 0.29) is 22.5 Å². The monoisotopic (exact) mass is 359 g/mol. The highest BCUT2D eigenvalue weighted by atomic mass is 32.2. The second kappa shape index (κ2) is 6.07. The van der Waals surface area contributed by atoms with Crippen molar-refractivity contribution in [3.8, 4) is 0 Å². The first-order valence-electron chi connectivity index (χ1n) is 7.83. The Morgan fingerprint density at radius 3 is 2.25 bits per heavy atom. The van der Waals surface area contributed by atoms with Crippen LogP contribution in [0.1, 0.15) is 30.9 Å². The minimum Gasteiger partial charge on any atom is -0.480 e. The normalized spacial score (nSPS) is 24.1. The molecule has 1 N–H and O–H groups in total. The lowest BCUT2D eigenvalue weighted by molar-refractivity contribution is -0.143. The maximum atomic E-state index is 13.5. The van der Waals surface area contributed by atoms with Gasteiger partial charge >= 0.3 is 5.97 Å². The first-order chi connectivity index (χ1) is 11.2. The van der Waals surface area contributed by atoms with Crippen molar-refractivity contribution in [2.45, 2.75) is 25.3 Å². The summed E-state index contributed by atoms with van der Waals surface area (Å²) >= 11 is 0. The molecule has 1 aromatic rings. The number of hydrogen-bond donors (Lipinski definition) is 1. The quantitative estimate of drug-likeness (QED) is 0.893.